The fourth-order valence-corrected chi connectivity index (χ4v) is 2.97. The van der Waals surface area contributed by atoms with Crippen molar-refractivity contribution < 1.29 is 9.84 Å². The molecule has 1 aromatic rings. The molecular formula is C15H22BrNO2. The Kier molecular flexibility index (Phi) is 4.87. The van der Waals surface area contributed by atoms with E-state index in [0.717, 1.165) is 42.5 Å². The number of ether oxygens (including phenoxy) is 1. The average Bonchev–Trinajstić information content (AvgIpc) is 2.81. The number of rotatable bonds is 5. The van der Waals surface area contributed by atoms with Crippen LogP contribution in [-0.2, 0) is 4.74 Å². The van der Waals surface area contributed by atoms with Gasteiger partial charge in [-0.1, -0.05) is 22.9 Å². The minimum atomic E-state index is -0.0605. The Morgan fingerprint density at radius 2 is 2.32 bits per heavy atom. The van der Waals surface area contributed by atoms with Crippen molar-refractivity contribution in [2.45, 2.75) is 44.8 Å². The molecule has 2 atom stereocenters. The summed E-state index contributed by atoms with van der Waals surface area (Å²) >= 11 is 3.46. The molecule has 4 heteroatoms. The van der Waals surface area contributed by atoms with E-state index in [-0.39, 0.29) is 11.6 Å². The number of aromatic hydroxyl groups is 1. The van der Waals surface area contributed by atoms with E-state index < -0.39 is 0 Å². The highest BCUT2D eigenvalue weighted by atomic mass is 79.9. The molecule has 1 aromatic carbocycles. The molecule has 19 heavy (non-hydrogen) atoms. The van der Waals surface area contributed by atoms with Crippen LogP contribution in [0.25, 0.3) is 0 Å². The van der Waals surface area contributed by atoms with E-state index >= 15 is 0 Å². The van der Waals surface area contributed by atoms with Crippen molar-refractivity contribution in [1.82, 2.24) is 5.32 Å². The Bertz CT molecular complexity index is 430. The molecule has 106 valence electrons. The molecule has 0 bridgehead atoms. The molecule has 3 nitrogen and oxygen atoms in total. The van der Waals surface area contributed by atoms with Crippen molar-refractivity contribution in [2.24, 2.45) is 0 Å². The molecule has 0 radical (unpaired) electrons. The predicted octanol–water partition coefficient (Wildman–Crippen LogP) is 3.76. The maximum Gasteiger partial charge on any atom is 0.120 e. The van der Waals surface area contributed by atoms with Gasteiger partial charge in [0.1, 0.15) is 5.75 Å². The lowest BCUT2D eigenvalue weighted by Gasteiger charge is -2.27. The van der Waals surface area contributed by atoms with Crippen molar-refractivity contribution >= 4 is 15.9 Å². The standard InChI is InChI=1S/C15H22BrNO2/c1-3-13(12-9-11(16)5-6-14(12)18)17-10-15(2)7-4-8-19-15/h5-6,9,13,17-18H,3-4,7-8,10H2,1-2H3. The van der Waals surface area contributed by atoms with Crippen LogP contribution in [0.2, 0.25) is 0 Å². The molecule has 0 aromatic heterocycles. The van der Waals surface area contributed by atoms with Gasteiger partial charge in [-0.2, -0.15) is 0 Å². The van der Waals surface area contributed by atoms with Gasteiger partial charge in [0.2, 0.25) is 0 Å². The molecule has 1 aliphatic heterocycles. The van der Waals surface area contributed by atoms with Crippen LogP contribution in [0.3, 0.4) is 0 Å². The summed E-state index contributed by atoms with van der Waals surface area (Å²) in [7, 11) is 0. The van der Waals surface area contributed by atoms with Gasteiger partial charge in [0.05, 0.1) is 5.60 Å². The zero-order valence-electron chi connectivity index (χ0n) is 11.6. The number of nitrogens with one attached hydrogen (secondary N) is 1. The second kappa shape index (κ2) is 6.25. The predicted molar refractivity (Wildman–Crippen MR) is 80.4 cm³/mol. The maximum atomic E-state index is 10.0. The van der Waals surface area contributed by atoms with Crippen LogP contribution in [0.4, 0.5) is 0 Å². The molecule has 1 saturated heterocycles. The number of hydrogen-bond donors (Lipinski definition) is 2. The summed E-state index contributed by atoms with van der Waals surface area (Å²) in [5, 5.41) is 13.5. The number of phenols is 1. The van der Waals surface area contributed by atoms with Gasteiger partial charge >= 0.3 is 0 Å². The molecule has 1 heterocycles. The van der Waals surface area contributed by atoms with Crippen LogP contribution in [-0.4, -0.2) is 23.9 Å². The third-order valence-corrected chi connectivity index (χ3v) is 4.29. The van der Waals surface area contributed by atoms with E-state index in [1.54, 1.807) is 6.07 Å². The van der Waals surface area contributed by atoms with Gasteiger partial charge in [-0.25, -0.2) is 0 Å². The molecule has 1 aliphatic rings. The Labute approximate surface area is 123 Å². The van der Waals surface area contributed by atoms with Crippen molar-refractivity contribution in [1.29, 1.82) is 0 Å². The van der Waals surface area contributed by atoms with E-state index in [9.17, 15) is 5.11 Å². The van der Waals surface area contributed by atoms with Gasteiger partial charge in [0.15, 0.2) is 0 Å². The number of phenolic OH excluding ortho intramolecular Hbond substituents is 1. The summed E-state index contributed by atoms with van der Waals surface area (Å²) in [6.45, 7) is 5.95. The third-order valence-electron chi connectivity index (χ3n) is 3.80. The van der Waals surface area contributed by atoms with Crippen LogP contribution in [0.5, 0.6) is 5.75 Å². The highest BCUT2D eigenvalue weighted by Crippen LogP contribution is 2.31. The van der Waals surface area contributed by atoms with Crippen molar-refractivity contribution in [3.05, 3.63) is 28.2 Å². The van der Waals surface area contributed by atoms with Gasteiger partial charge in [0, 0.05) is 29.2 Å². The van der Waals surface area contributed by atoms with Crippen LogP contribution < -0.4 is 5.32 Å². The van der Waals surface area contributed by atoms with Crippen LogP contribution in [0.1, 0.15) is 44.7 Å². The van der Waals surface area contributed by atoms with Gasteiger partial charge in [-0.3, -0.25) is 0 Å². The zero-order chi connectivity index (χ0) is 13.9. The van der Waals surface area contributed by atoms with Crippen LogP contribution in [0.15, 0.2) is 22.7 Å². The fourth-order valence-electron chi connectivity index (χ4n) is 2.59. The van der Waals surface area contributed by atoms with E-state index in [4.69, 9.17) is 4.74 Å². The number of halogens is 1. The summed E-state index contributed by atoms with van der Waals surface area (Å²) in [4.78, 5) is 0. The van der Waals surface area contributed by atoms with Crippen molar-refractivity contribution in [2.75, 3.05) is 13.2 Å². The average molecular weight is 328 g/mol. The summed E-state index contributed by atoms with van der Waals surface area (Å²) in [5.74, 6) is 0.347. The summed E-state index contributed by atoms with van der Waals surface area (Å²) < 4.78 is 6.78. The van der Waals surface area contributed by atoms with Gasteiger partial charge in [-0.05, 0) is 44.4 Å². The Morgan fingerprint density at radius 1 is 1.53 bits per heavy atom. The lowest BCUT2D eigenvalue weighted by atomic mass is 9.99. The zero-order valence-corrected chi connectivity index (χ0v) is 13.2. The number of benzene rings is 1. The highest BCUT2D eigenvalue weighted by Gasteiger charge is 2.30. The molecule has 0 aliphatic carbocycles. The lowest BCUT2D eigenvalue weighted by molar-refractivity contribution is 0.0185. The monoisotopic (exact) mass is 327 g/mol. The first-order valence-electron chi connectivity index (χ1n) is 6.90. The summed E-state index contributed by atoms with van der Waals surface area (Å²) in [6, 6.07) is 5.72. The molecule has 0 saturated carbocycles. The lowest BCUT2D eigenvalue weighted by Crippen LogP contribution is -2.38. The smallest absolute Gasteiger partial charge is 0.120 e. The largest absolute Gasteiger partial charge is 0.508 e. The van der Waals surface area contributed by atoms with Crippen molar-refractivity contribution in [3.63, 3.8) is 0 Å². The summed E-state index contributed by atoms with van der Waals surface area (Å²) in [6.07, 6.45) is 3.16. The fraction of sp³-hybridized carbons (Fsp3) is 0.600. The normalized spacial score (nSPS) is 24.6. The second-order valence-electron chi connectivity index (χ2n) is 5.45. The number of hydrogen-bond acceptors (Lipinski definition) is 3. The molecule has 2 unspecified atom stereocenters. The highest BCUT2D eigenvalue weighted by molar-refractivity contribution is 9.10. The van der Waals surface area contributed by atoms with E-state index in [1.165, 1.54) is 0 Å². The Hall–Kier alpha value is -0.580. The summed E-state index contributed by atoms with van der Waals surface area (Å²) in [5.41, 5.74) is 0.883. The first-order valence-corrected chi connectivity index (χ1v) is 7.69. The first kappa shape index (κ1) is 14.8. The maximum absolute atomic E-state index is 10.0. The molecule has 2 N–H and O–H groups in total. The van der Waals surface area contributed by atoms with E-state index in [1.807, 2.05) is 12.1 Å². The van der Waals surface area contributed by atoms with Crippen LogP contribution in [0, 0.1) is 0 Å². The van der Waals surface area contributed by atoms with Gasteiger partial charge in [-0.15, -0.1) is 0 Å². The second-order valence-corrected chi connectivity index (χ2v) is 6.36. The Morgan fingerprint density at radius 3 is 2.95 bits per heavy atom. The SMILES string of the molecule is CCC(NCC1(C)CCCO1)c1cc(Br)ccc1O. The molecule has 1 fully saturated rings. The molecule has 0 spiro atoms. The molecular weight excluding hydrogens is 306 g/mol. The van der Waals surface area contributed by atoms with Crippen LogP contribution >= 0.6 is 15.9 Å². The topological polar surface area (TPSA) is 41.5 Å². The molecule has 0 amide bonds. The van der Waals surface area contributed by atoms with Gasteiger partial charge in [0.25, 0.3) is 0 Å². The quantitative estimate of drug-likeness (QED) is 0.865. The van der Waals surface area contributed by atoms with E-state index in [0.29, 0.717) is 5.75 Å². The third kappa shape index (κ3) is 3.71. The molecule has 2 rings (SSSR count). The van der Waals surface area contributed by atoms with Gasteiger partial charge < -0.3 is 15.2 Å². The van der Waals surface area contributed by atoms with E-state index in [2.05, 4.69) is 35.1 Å². The Balaban J connectivity index is 2.05. The minimum Gasteiger partial charge on any atom is -0.508 e. The first-order chi connectivity index (χ1) is 9.04. The minimum absolute atomic E-state index is 0.0605. The van der Waals surface area contributed by atoms with Crippen molar-refractivity contribution in [3.8, 4) is 5.75 Å².